The zero-order chi connectivity index (χ0) is 9.80. The van der Waals surface area contributed by atoms with Gasteiger partial charge >= 0.3 is 0 Å². The maximum atomic E-state index is 12.3. The number of hydrogen-bond acceptors (Lipinski definition) is 1. The number of benzene rings is 1. The van der Waals surface area contributed by atoms with Crippen LogP contribution in [0.1, 0.15) is 5.69 Å². The Labute approximate surface area is 102 Å². The normalized spacial score (nSPS) is 9.40. The molecular weight excluding hydrogens is 369 g/mol. The van der Waals surface area contributed by atoms with Crippen molar-refractivity contribution in [3.8, 4) is 11.3 Å². The van der Waals surface area contributed by atoms with Crippen LogP contribution in [0.15, 0.2) is 42.5 Å². The molecule has 0 saturated carbocycles. The minimum Gasteiger partial charge on any atom is -0.299 e. The number of pyridine rings is 1. The van der Waals surface area contributed by atoms with Gasteiger partial charge in [-0.1, -0.05) is 12.1 Å². The van der Waals surface area contributed by atoms with Crippen LogP contribution >= 0.6 is 0 Å². The van der Waals surface area contributed by atoms with E-state index in [0.717, 1.165) is 11.3 Å². The second-order valence-corrected chi connectivity index (χ2v) is 2.92. The second kappa shape index (κ2) is 5.74. The summed E-state index contributed by atoms with van der Waals surface area (Å²) in [5.41, 5.74) is 2.11. The van der Waals surface area contributed by atoms with E-state index in [9.17, 15) is 4.39 Å². The second-order valence-electron chi connectivity index (χ2n) is 2.92. The SMILES string of the molecule is FCc1cccc(-c2[c-]cccc2)n1.[Ir]. The summed E-state index contributed by atoms with van der Waals surface area (Å²) in [4.78, 5) is 4.16. The monoisotopic (exact) mass is 379 g/mol. The Morgan fingerprint density at radius 2 is 2.00 bits per heavy atom. The fourth-order valence-corrected chi connectivity index (χ4v) is 1.26. The van der Waals surface area contributed by atoms with Gasteiger partial charge < -0.3 is 0 Å². The molecule has 1 nitrogen and oxygen atoms in total. The van der Waals surface area contributed by atoms with Crippen molar-refractivity contribution in [1.82, 2.24) is 4.98 Å². The van der Waals surface area contributed by atoms with Crippen molar-refractivity contribution < 1.29 is 24.5 Å². The largest absolute Gasteiger partial charge is 0.299 e. The molecule has 0 aliphatic rings. The molecule has 0 fully saturated rings. The standard InChI is InChI=1S/C12H9FN.Ir/c13-9-11-7-4-8-12(14-11)10-5-2-1-3-6-10;/h1-5,7-8H,9H2;/q-1;. The van der Waals surface area contributed by atoms with E-state index in [2.05, 4.69) is 11.1 Å². The molecule has 0 spiro atoms. The van der Waals surface area contributed by atoms with E-state index in [1.807, 2.05) is 30.3 Å². The molecule has 0 amide bonds. The Kier molecular flexibility index (Phi) is 4.60. The minimum absolute atomic E-state index is 0. The Morgan fingerprint density at radius 1 is 1.13 bits per heavy atom. The number of halogens is 1. The van der Waals surface area contributed by atoms with Crippen molar-refractivity contribution >= 4 is 0 Å². The molecule has 2 rings (SSSR count). The predicted molar refractivity (Wildman–Crippen MR) is 53.3 cm³/mol. The molecule has 0 N–H and O–H groups in total. The summed E-state index contributed by atoms with van der Waals surface area (Å²) in [7, 11) is 0. The molecule has 2 aromatic rings. The first-order valence-electron chi connectivity index (χ1n) is 4.39. The number of alkyl halides is 1. The molecule has 1 aromatic carbocycles. The molecule has 3 heteroatoms. The summed E-state index contributed by atoms with van der Waals surface area (Å²) in [6, 6.07) is 15.9. The zero-order valence-electron chi connectivity index (χ0n) is 7.91. The van der Waals surface area contributed by atoms with E-state index < -0.39 is 6.67 Å². The van der Waals surface area contributed by atoms with Gasteiger partial charge in [0, 0.05) is 20.1 Å². The average molecular weight is 378 g/mol. The topological polar surface area (TPSA) is 12.9 Å². The van der Waals surface area contributed by atoms with Gasteiger partial charge in [-0.3, -0.25) is 4.98 Å². The summed E-state index contributed by atoms with van der Waals surface area (Å²) >= 11 is 0. The van der Waals surface area contributed by atoms with Gasteiger partial charge in [0.2, 0.25) is 0 Å². The van der Waals surface area contributed by atoms with Crippen LogP contribution in [0, 0.1) is 6.07 Å². The van der Waals surface area contributed by atoms with E-state index in [0.29, 0.717) is 5.69 Å². The van der Waals surface area contributed by atoms with Crippen LogP contribution in [-0.4, -0.2) is 4.98 Å². The summed E-state index contributed by atoms with van der Waals surface area (Å²) in [5.74, 6) is 0. The molecule has 0 bridgehead atoms. The van der Waals surface area contributed by atoms with Crippen LogP contribution in [0.25, 0.3) is 11.3 Å². The van der Waals surface area contributed by atoms with E-state index in [4.69, 9.17) is 0 Å². The van der Waals surface area contributed by atoms with Crippen molar-refractivity contribution in [2.45, 2.75) is 6.67 Å². The number of hydrogen-bond donors (Lipinski definition) is 0. The molecule has 1 heterocycles. The van der Waals surface area contributed by atoms with Crippen LogP contribution in [0.3, 0.4) is 0 Å². The van der Waals surface area contributed by atoms with E-state index in [1.54, 1.807) is 12.1 Å². The van der Waals surface area contributed by atoms with Crippen molar-refractivity contribution in [2.24, 2.45) is 0 Å². The third-order valence-electron chi connectivity index (χ3n) is 1.93. The van der Waals surface area contributed by atoms with E-state index in [1.165, 1.54) is 0 Å². The maximum absolute atomic E-state index is 12.3. The van der Waals surface area contributed by atoms with Gasteiger partial charge in [0.15, 0.2) is 0 Å². The molecule has 1 aromatic heterocycles. The Hall–Kier alpha value is -1.05. The van der Waals surface area contributed by atoms with Crippen LogP contribution < -0.4 is 0 Å². The first-order valence-corrected chi connectivity index (χ1v) is 4.39. The number of nitrogens with zero attached hydrogens (tertiary/aromatic N) is 1. The fraction of sp³-hybridized carbons (Fsp3) is 0.0833. The predicted octanol–water partition coefficient (Wildman–Crippen LogP) is 3.02. The van der Waals surface area contributed by atoms with Gasteiger partial charge in [-0.2, -0.15) is 0 Å². The molecule has 0 atom stereocenters. The quantitative estimate of drug-likeness (QED) is 0.732. The molecule has 0 saturated heterocycles. The molecule has 79 valence electrons. The van der Waals surface area contributed by atoms with Gasteiger partial charge in [0.25, 0.3) is 0 Å². The Balaban J connectivity index is 0.00000112. The molecule has 1 radical (unpaired) electrons. The minimum atomic E-state index is -0.527. The van der Waals surface area contributed by atoms with Crippen molar-refractivity contribution in [3.63, 3.8) is 0 Å². The molecule has 0 aliphatic heterocycles. The Morgan fingerprint density at radius 3 is 2.67 bits per heavy atom. The van der Waals surface area contributed by atoms with Gasteiger partial charge in [-0.05, 0) is 11.8 Å². The summed E-state index contributed by atoms with van der Waals surface area (Å²) in [5, 5.41) is 0. The van der Waals surface area contributed by atoms with E-state index >= 15 is 0 Å². The number of aromatic nitrogens is 1. The van der Waals surface area contributed by atoms with E-state index in [-0.39, 0.29) is 20.1 Å². The van der Waals surface area contributed by atoms with Gasteiger partial charge in [0.1, 0.15) is 6.67 Å². The van der Waals surface area contributed by atoms with Gasteiger partial charge in [0.05, 0.1) is 5.69 Å². The van der Waals surface area contributed by atoms with Crippen LogP contribution in [0.2, 0.25) is 0 Å². The Bertz CT molecular complexity index is 417. The molecule has 0 aliphatic carbocycles. The van der Waals surface area contributed by atoms with Crippen LogP contribution in [-0.2, 0) is 26.8 Å². The maximum Gasteiger partial charge on any atom is 0.130 e. The average Bonchev–Trinajstić information content (AvgIpc) is 2.30. The first kappa shape index (κ1) is 12.0. The summed E-state index contributed by atoms with van der Waals surface area (Å²) < 4.78 is 12.3. The number of rotatable bonds is 2. The fourth-order valence-electron chi connectivity index (χ4n) is 1.26. The van der Waals surface area contributed by atoms with Crippen molar-refractivity contribution in [2.75, 3.05) is 0 Å². The molecular formula is C12H9FIrN-. The van der Waals surface area contributed by atoms with Crippen LogP contribution in [0.4, 0.5) is 4.39 Å². The third-order valence-corrected chi connectivity index (χ3v) is 1.93. The summed E-state index contributed by atoms with van der Waals surface area (Å²) in [6.45, 7) is -0.527. The van der Waals surface area contributed by atoms with Crippen LogP contribution in [0.5, 0.6) is 0 Å². The summed E-state index contributed by atoms with van der Waals surface area (Å²) in [6.07, 6.45) is 0. The third kappa shape index (κ3) is 2.95. The van der Waals surface area contributed by atoms with Crippen molar-refractivity contribution in [3.05, 3.63) is 54.2 Å². The molecule has 15 heavy (non-hydrogen) atoms. The molecule has 0 unspecified atom stereocenters. The van der Waals surface area contributed by atoms with Gasteiger partial charge in [-0.15, -0.1) is 35.9 Å². The van der Waals surface area contributed by atoms with Gasteiger partial charge in [-0.25, -0.2) is 4.39 Å². The zero-order valence-corrected chi connectivity index (χ0v) is 10.3. The van der Waals surface area contributed by atoms with Crippen molar-refractivity contribution in [1.29, 1.82) is 0 Å². The smallest absolute Gasteiger partial charge is 0.130 e. The first-order chi connectivity index (χ1) is 6.90.